The summed E-state index contributed by atoms with van der Waals surface area (Å²) in [6.07, 6.45) is 3.11. The summed E-state index contributed by atoms with van der Waals surface area (Å²) in [6, 6.07) is 16.1. The normalized spacial score (nSPS) is 11.3. The van der Waals surface area contributed by atoms with Crippen molar-refractivity contribution in [2.75, 3.05) is 0 Å². The Labute approximate surface area is 157 Å². The Balaban J connectivity index is 1.53. The molecule has 0 saturated heterocycles. The summed E-state index contributed by atoms with van der Waals surface area (Å²) in [7, 11) is 0. The first-order chi connectivity index (χ1) is 13.7. The van der Waals surface area contributed by atoms with Crippen LogP contribution in [0.2, 0.25) is 0 Å². The molecular weight excluding hydrogens is 358 g/mol. The molecule has 7 nitrogen and oxygen atoms in total. The van der Waals surface area contributed by atoms with E-state index in [1.807, 2.05) is 30.3 Å². The Kier molecular flexibility index (Phi) is 3.65. The summed E-state index contributed by atoms with van der Waals surface area (Å²) in [6.45, 7) is -0.0465. The van der Waals surface area contributed by atoms with Crippen molar-refractivity contribution < 1.29 is 13.9 Å². The molecule has 0 unspecified atom stereocenters. The van der Waals surface area contributed by atoms with E-state index in [0.29, 0.717) is 22.4 Å². The van der Waals surface area contributed by atoms with E-state index >= 15 is 0 Å². The number of esters is 1. The Hall–Kier alpha value is -4.00. The topological polar surface area (TPSA) is 86.7 Å². The largest absolute Gasteiger partial charge is 0.457 e. The molecule has 3 aromatic heterocycles. The fourth-order valence-corrected chi connectivity index (χ4v) is 3.31. The Morgan fingerprint density at radius 2 is 2.00 bits per heavy atom. The van der Waals surface area contributed by atoms with Crippen LogP contribution < -0.4 is 5.63 Å². The fourth-order valence-electron chi connectivity index (χ4n) is 3.31. The molecule has 0 aliphatic heterocycles. The Morgan fingerprint density at radius 3 is 2.93 bits per heavy atom. The molecule has 28 heavy (non-hydrogen) atoms. The number of pyridine rings is 1. The van der Waals surface area contributed by atoms with E-state index in [2.05, 4.69) is 10.2 Å². The Morgan fingerprint density at radius 1 is 1.11 bits per heavy atom. The third kappa shape index (κ3) is 2.69. The molecule has 5 aromatic rings. The molecule has 0 bridgehead atoms. The van der Waals surface area contributed by atoms with Crippen molar-refractivity contribution in [2.24, 2.45) is 0 Å². The lowest BCUT2D eigenvalue weighted by Crippen LogP contribution is -2.08. The van der Waals surface area contributed by atoms with Gasteiger partial charge in [0.25, 0.3) is 0 Å². The van der Waals surface area contributed by atoms with Gasteiger partial charge in [-0.3, -0.25) is 4.40 Å². The molecule has 0 aliphatic carbocycles. The Bertz CT molecular complexity index is 1420. The number of hydrogen-bond acceptors (Lipinski definition) is 6. The molecule has 0 N–H and O–H groups in total. The molecule has 0 aliphatic rings. The van der Waals surface area contributed by atoms with Crippen LogP contribution in [-0.2, 0) is 11.3 Å². The number of nitrogens with zero attached hydrogens (tertiary/aromatic N) is 3. The number of ether oxygens (including phenoxy) is 1. The monoisotopic (exact) mass is 371 g/mol. The van der Waals surface area contributed by atoms with Crippen LogP contribution in [0.5, 0.6) is 0 Å². The van der Waals surface area contributed by atoms with Crippen molar-refractivity contribution in [3.8, 4) is 0 Å². The predicted octanol–water partition coefficient (Wildman–Crippen LogP) is 3.35. The highest BCUT2D eigenvalue weighted by Gasteiger charge is 2.13. The van der Waals surface area contributed by atoms with E-state index in [-0.39, 0.29) is 6.61 Å². The molecule has 0 spiro atoms. The first-order valence-corrected chi connectivity index (χ1v) is 8.60. The standard InChI is InChI=1S/C21H13N3O4/c25-19-9-15(20-16-4-2-1-3-13(16)5-7-17(20)28-19)11-27-21(26)14-6-8-18-23-22-12-24(18)10-14/h1-10,12H,11H2. The van der Waals surface area contributed by atoms with Gasteiger partial charge in [-0.25, -0.2) is 9.59 Å². The van der Waals surface area contributed by atoms with Gasteiger partial charge in [-0.1, -0.05) is 30.3 Å². The lowest BCUT2D eigenvalue weighted by molar-refractivity contribution is 0.0473. The first-order valence-electron chi connectivity index (χ1n) is 8.60. The maximum Gasteiger partial charge on any atom is 0.339 e. The molecule has 3 heterocycles. The van der Waals surface area contributed by atoms with Crippen molar-refractivity contribution in [1.29, 1.82) is 0 Å². The van der Waals surface area contributed by atoms with E-state index in [4.69, 9.17) is 9.15 Å². The van der Waals surface area contributed by atoms with E-state index in [1.165, 1.54) is 12.4 Å². The minimum atomic E-state index is -0.503. The van der Waals surface area contributed by atoms with E-state index in [9.17, 15) is 9.59 Å². The summed E-state index contributed by atoms with van der Waals surface area (Å²) in [5.41, 5.74) is 1.57. The summed E-state index contributed by atoms with van der Waals surface area (Å²) in [4.78, 5) is 24.4. The number of carbonyl (C=O) groups excluding carboxylic acids is 1. The highest BCUT2D eigenvalue weighted by Crippen LogP contribution is 2.27. The van der Waals surface area contributed by atoms with E-state index in [1.54, 1.807) is 28.8 Å². The van der Waals surface area contributed by atoms with Crippen LogP contribution in [0.15, 0.2) is 76.3 Å². The highest BCUT2D eigenvalue weighted by molar-refractivity contribution is 6.07. The SMILES string of the molecule is O=C(OCc1cc(=O)oc2ccc3ccccc3c12)c1ccc2nncn2c1. The number of carbonyl (C=O) groups is 1. The van der Waals surface area contributed by atoms with Gasteiger partial charge in [0, 0.05) is 23.2 Å². The highest BCUT2D eigenvalue weighted by atomic mass is 16.5. The second-order valence-corrected chi connectivity index (χ2v) is 6.34. The average Bonchev–Trinajstić information content (AvgIpc) is 3.19. The lowest BCUT2D eigenvalue weighted by Gasteiger charge is -2.10. The average molecular weight is 371 g/mol. The zero-order valence-corrected chi connectivity index (χ0v) is 14.5. The quantitative estimate of drug-likeness (QED) is 0.275. The molecule has 7 heteroatoms. The first kappa shape index (κ1) is 16.2. The van der Waals surface area contributed by atoms with Crippen molar-refractivity contribution in [3.63, 3.8) is 0 Å². The summed E-state index contributed by atoms with van der Waals surface area (Å²) >= 11 is 0. The third-order valence-corrected chi connectivity index (χ3v) is 4.60. The summed E-state index contributed by atoms with van der Waals surface area (Å²) in [5, 5.41) is 10.4. The van der Waals surface area contributed by atoms with Gasteiger partial charge in [0.15, 0.2) is 5.65 Å². The molecule has 0 fully saturated rings. The zero-order valence-electron chi connectivity index (χ0n) is 14.5. The van der Waals surface area contributed by atoms with Gasteiger partial charge in [0.05, 0.1) is 5.56 Å². The van der Waals surface area contributed by atoms with Crippen molar-refractivity contribution in [2.45, 2.75) is 6.61 Å². The van der Waals surface area contributed by atoms with Gasteiger partial charge in [-0.15, -0.1) is 10.2 Å². The minimum absolute atomic E-state index is 0.0465. The fraction of sp³-hybridized carbons (Fsp3) is 0.0476. The van der Waals surface area contributed by atoms with Crippen LogP contribution in [0, 0.1) is 0 Å². The maximum absolute atomic E-state index is 12.5. The van der Waals surface area contributed by atoms with Crippen LogP contribution in [-0.4, -0.2) is 20.6 Å². The minimum Gasteiger partial charge on any atom is -0.457 e. The van der Waals surface area contributed by atoms with Gasteiger partial charge >= 0.3 is 11.6 Å². The van der Waals surface area contributed by atoms with Crippen molar-refractivity contribution >= 4 is 33.4 Å². The van der Waals surface area contributed by atoms with Gasteiger partial charge in [-0.05, 0) is 29.0 Å². The van der Waals surface area contributed by atoms with E-state index in [0.717, 1.165) is 16.2 Å². The van der Waals surface area contributed by atoms with Crippen LogP contribution in [0.25, 0.3) is 27.4 Å². The predicted molar refractivity (Wildman–Crippen MR) is 102 cm³/mol. The van der Waals surface area contributed by atoms with Crippen molar-refractivity contribution in [3.05, 3.63) is 88.7 Å². The molecule has 136 valence electrons. The zero-order chi connectivity index (χ0) is 19.1. The molecule has 0 radical (unpaired) electrons. The molecular formula is C21H13N3O4. The molecule has 0 saturated carbocycles. The smallest absolute Gasteiger partial charge is 0.339 e. The molecule has 0 amide bonds. The summed E-state index contributed by atoms with van der Waals surface area (Å²) in [5.74, 6) is -0.503. The second-order valence-electron chi connectivity index (χ2n) is 6.34. The number of rotatable bonds is 3. The number of fused-ring (bicyclic) bond motifs is 4. The third-order valence-electron chi connectivity index (χ3n) is 4.60. The van der Waals surface area contributed by atoms with E-state index < -0.39 is 11.6 Å². The number of benzene rings is 2. The summed E-state index contributed by atoms with van der Waals surface area (Å²) < 4.78 is 12.4. The van der Waals surface area contributed by atoms with Gasteiger partial charge < -0.3 is 9.15 Å². The molecule has 0 atom stereocenters. The lowest BCUT2D eigenvalue weighted by atomic mass is 10.0. The molecule has 5 rings (SSSR count). The van der Waals surface area contributed by atoms with Crippen LogP contribution in [0.3, 0.4) is 0 Å². The van der Waals surface area contributed by atoms with Gasteiger partial charge in [-0.2, -0.15) is 0 Å². The number of aromatic nitrogens is 3. The maximum atomic E-state index is 12.5. The second kappa shape index (κ2) is 6.31. The molecule has 2 aromatic carbocycles. The van der Waals surface area contributed by atoms with Crippen molar-refractivity contribution in [1.82, 2.24) is 14.6 Å². The van der Waals surface area contributed by atoms with Crippen LogP contribution in [0.1, 0.15) is 15.9 Å². The van der Waals surface area contributed by atoms with Gasteiger partial charge in [0.1, 0.15) is 18.5 Å². The number of hydrogen-bond donors (Lipinski definition) is 0. The van der Waals surface area contributed by atoms with Gasteiger partial charge in [0.2, 0.25) is 0 Å². The van der Waals surface area contributed by atoms with Crippen LogP contribution >= 0.6 is 0 Å². The van der Waals surface area contributed by atoms with Crippen LogP contribution in [0.4, 0.5) is 0 Å².